The van der Waals surface area contributed by atoms with E-state index in [0.29, 0.717) is 17.1 Å². The molecule has 0 amide bonds. The molecule has 0 saturated carbocycles. The van der Waals surface area contributed by atoms with E-state index in [4.69, 9.17) is 10.5 Å². The number of nitrogens with one attached hydrogen (secondary N) is 1. The third-order valence-electron chi connectivity index (χ3n) is 3.06. The molecule has 0 radical (unpaired) electrons. The minimum absolute atomic E-state index is 0.305. The fourth-order valence-corrected chi connectivity index (χ4v) is 2.76. The minimum atomic E-state index is -0.482. The molecular formula is C15H16BrN3O2. The van der Waals surface area contributed by atoms with Crippen molar-refractivity contribution in [3.8, 4) is 0 Å². The van der Waals surface area contributed by atoms with E-state index in [9.17, 15) is 4.79 Å². The zero-order valence-electron chi connectivity index (χ0n) is 12.0. The lowest BCUT2D eigenvalue weighted by Gasteiger charge is -2.15. The van der Waals surface area contributed by atoms with Crippen molar-refractivity contribution in [1.82, 2.24) is 4.98 Å². The van der Waals surface area contributed by atoms with Crippen molar-refractivity contribution >= 4 is 39.1 Å². The summed E-state index contributed by atoms with van der Waals surface area (Å²) in [4.78, 5) is 16.0. The van der Waals surface area contributed by atoms with Gasteiger partial charge in [-0.2, -0.15) is 0 Å². The van der Waals surface area contributed by atoms with Gasteiger partial charge in [0.2, 0.25) is 0 Å². The van der Waals surface area contributed by atoms with Gasteiger partial charge >= 0.3 is 5.97 Å². The smallest absolute Gasteiger partial charge is 0.341 e. The number of benzene rings is 1. The number of aryl methyl sites for hydroxylation is 2. The first-order chi connectivity index (χ1) is 9.92. The van der Waals surface area contributed by atoms with Gasteiger partial charge in [0.25, 0.3) is 0 Å². The van der Waals surface area contributed by atoms with Crippen molar-refractivity contribution in [3.05, 3.63) is 45.6 Å². The van der Waals surface area contributed by atoms with Crippen LogP contribution in [-0.4, -0.2) is 18.1 Å². The molecule has 2 aromatic rings. The van der Waals surface area contributed by atoms with Crippen LogP contribution in [-0.2, 0) is 4.74 Å². The van der Waals surface area contributed by atoms with Gasteiger partial charge in [-0.25, -0.2) is 9.78 Å². The van der Waals surface area contributed by atoms with E-state index in [1.807, 2.05) is 26.0 Å². The van der Waals surface area contributed by atoms with Crippen molar-refractivity contribution < 1.29 is 9.53 Å². The van der Waals surface area contributed by atoms with Gasteiger partial charge < -0.3 is 15.8 Å². The predicted octanol–water partition coefficient (Wildman–Crippen LogP) is 3.57. The topological polar surface area (TPSA) is 77.2 Å². The van der Waals surface area contributed by atoms with Gasteiger partial charge in [-0.3, -0.25) is 0 Å². The number of ether oxygens (including phenoxy) is 1. The van der Waals surface area contributed by atoms with Crippen LogP contribution in [0.3, 0.4) is 0 Å². The molecule has 2 rings (SSSR count). The summed E-state index contributed by atoms with van der Waals surface area (Å²) in [7, 11) is 1.32. The second-order valence-corrected chi connectivity index (χ2v) is 5.61. The Kier molecular flexibility index (Phi) is 4.47. The van der Waals surface area contributed by atoms with E-state index in [2.05, 4.69) is 26.2 Å². The highest BCUT2D eigenvalue weighted by Gasteiger charge is 2.15. The molecule has 1 aromatic heterocycles. The standard InChI is InChI=1S/C15H16BrN3O2/c1-8-4-10(16)5-9(2)13(8)19-14-12(15(20)21-3)6-11(17)7-18-14/h4-7H,17H2,1-3H3,(H,18,19). The Morgan fingerprint density at radius 2 is 1.90 bits per heavy atom. The Bertz CT molecular complexity index is 678. The summed E-state index contributed by atoms with van der Waals surface area (Å²) in [5, 5.41) is 3.19. The van der Waals surface area contributed by atoms with Crippen molar-refractivity contribution in [2.45, 2.75) is 13.8 Å². The first-order valence-electron chi connectivity index (χ1n) is 6.30. The number of carbonyl (C=O) groups is 1. The highest BCUT2D eigenvalue weighted by Crippen LogP contribution is 2.29. The van der Waals surface area contributed by atoms with Gasteiger partial charge in [-0.15, -0.1) is 0 Å². The van der Waals surface area contributed by atoms with Crippen LogP contribution in [0.15, 0.2) is 28.9 Å². The van der Waals surface area contributed by atoms with Crippen LogP contribution in [0.5, 0.6) is 0 Å². The van der Waals surface area contributed by atoms with Gasteiger partial charge in [0, 0.05) is 10.2 Å². The zero-order chi connectivity index (χ0) is 15.6. The molecule has 1 aromatic carbocycles. The van der Waals surface area contributed by atoms with Crippen LogP contribution in [0.4, 0.5) is 17.2 Å². The molecule has 0 aliphatic rings. The fourth-order valence-electron chi connectivity index (χ4n) is 2.07. The summed E-state index contributed by atoms with van der Waals surface area (Å²) in [6.07, 6.45) is 1.50. The third kappa shape index (κ3) is 3.33. The Morgan fingerprint density at radius 3 is 2.48 bits per heavy atom. The number of nitrogens with two attached hydrogens (primary N) is 1. The second-order valence-electron chi connectivity index (χ2n) is 4.70. The second kappa shape index (κ2) is 6.13. The average Bonchev–Trinajstić information content (AvgIpc) is 2.43. The van der Waals surface area contributed by atoms with E-state index < -0.39 is 5.97 Å². The van der Waals surface area contributed by atoms with Crippen molar-refractivity contribution in [2.24, 2.45) is 0 Å². The molecule has 21 heavy (non-hydrogen) atoms. The molecule has 110 valence electrons. The largest absolute Gasteiger partial charge is 0.465 e. The first-order valence-corrected chi connectivity index (χ1v) is 7.09. The van der Waals surface area contributed by atoms with Crippen LogP contribution in [0.2, 0.25) is 0 Å². The van der Waals surface area contributed by atoms with Crippen LogP contribution in [0.1, 0.15) is 21.5 Å². The number of hydrogen-bond donors (Lipinski definition) is 2. The maximum Gasteiger partial charge on any atom is 0.341 e. The van der Waals surface area contributed by atoms with Crippen LogP contribution < -0.4 is 11.1 Å². The SMILES string of the molecule is COC(=O)c1cc(N)cnc1Nc1c(C)cc(Br)cc1C. The van der Waals surface area contributed by atoms with E-state index in [0.717, 1.165) is 21.3 Å². The lowest BCUT2D eigenvalue weighted by Crippen LogP contribution is -2.09. The number of esters is 1. The number of anilines is 3. The molecule has 3 N–H and O–H groups in total. The van der Waals surface area contributed by atoms with Crippen molar-refractivity contribution in [1.29, 1.82) is 0 Å². The lowest BCUT2D eigenvalue weighted by molar-refractivity contribution is 0.0601. The number of aromatic nitrogens is 1. The van der Waals surface area contributed by atoms with Gasteiger partial charge in [-0.05, 0) is 43.2 Å². The van der Waals surface area contributed by atoms with Crippen molar-refractivity contribution in [2.75, 3.05) is 18.2 Å². The van der Waals surface area contributed by atoms with E-state index >= 15 is 0 Å². The normalized spacial score (nSPS) is 10.3. The van der Waals surface area contributed by atoms with Gasteiger partial charge in [0.15, 0.2) is 0 Å². The molecule has 0 unspecified atom stereocenters. The Labute approximate surface area is 131 Å². The molecule has 1 heterocycles. The summed E-state index contributed by atoms with van der Waals surface area (Å²) < 4.78 is 5.77. The summed E-state index contributed by atoms with van der Waals surface area (Å²) in [5.74, 6) is -0.0608. The Balaban J connectivity index is 2.47. The lowest BCUT2D eigenvalue weighted by atomic mass is 10.1. The van der Waals surface area contributed by atoms with Gasteiger partial charge in [-0.1, -0.05) is 15.9 Å². The number of nitrogens with zero attached hydrogens (tertiary/aromatic N) is 1. The molecule has 0 aliphatic heterocycles. The van der Waals surface area contributed by atoms with Crippen LogP contribution in [0.25, 0.3) is 0 Å². The Morgan fingerprint density at radius 1 is 1.29 bits per heavy atom. The number of hydrogen-bond acceptors (Lipinski definition) is 5. The number of carbonyl (C=O) groups excluding carboxylic acids is 1. The van der Waals surface area contributed by atoms with Crippen LogP contribution in [0, 0.1) is 13.8 Å². The monoisotopic (exact) mass is 349 g/mol. The van der Waals surface area contributed by atoms with Gasteiger partial charge in [0.05, 0.1) is 19.0 Å². The third-order valence-corrected chi connectivity index (χ3v) is 3.51. The molecule has 0 saturated heterocycles. The molecular weight excluding hydrogens is 334 g/mol. The first kappa shape index (κ1) is 15.3. The molecule has 5 nitrogen and oxygen atoms in total. The summed E-state index contributed by atoms with van der Waals surface area (Å²) >= 11 is 3.46. The summed E-state index contributed by atoms with van der Waals surface area (Å²) in [5.41, 5.74) is 9.38. The minimum Gasteiger partial charge on any atom is -0.465 e. The quantitative estimate of drug-likeness (QED) is 0.828. The van der Waals surface area contributed by atoms with Crippen molar-refractivity contribution in [3.63, 3.8) is 0 Å². The maximum atomic E-state index is 11.8. The average molecular weight is 350 g/mol. The molecule has 0 bridgehead atoms. The van der Waals surface area contributed by atoms with Crippen LogP contribution >= 0.6 is 15.9 Å². The summed E-state index contributed by atoms with van der Waals surface area (Å²) in [6, 6.07) is 5.53. The summed E-state index contributed by atoms with van der Waals surface area (Å²) in [6.45, 7) is 3.96. The molecule has 0 atom stereocenters. The highest BCUT2D eigenvalue weighted by atomic mass is 79.9. The number of pyridine rings is 1. The fraction of sp³-hybridized carbons (Fsp3) is 0.200. The van der Waals surface area contributed by atoms with E-state index in [-0.39, 0.29) is 0 Å². The maximum absolute atomic E-state index is 11.8. The molecule has 0 spiro atoms. The predicted molar refractivity (Wildman–Crippen MR) is 86.9 cm³/mol. The highest BCUT2D eigenvalue weighted by molar-refractivity contribution is 9.10. The number of rotatable bonds is 3. The molecule has 6 heteroatoms. The Hall–Kier alpha value is -2.08. The molecule has 0 fully saturated rings. The van der Waals surface area contributed by atoms with E-state index in [1.165, 1.54) is 13.3 Å². The molecule has 0 aliphatic carbocycles. The van der Waals surface area contributed by atoms with E-state index in [1.54, 1.807) is 6.07 Å². The number of methoxy groups -OCH3 is 1. The number of nitrogen functional groups attached to an aromatic ring is 1. The zero-order valence-corrected chi connectivity index (χ0v) is 13.6. The van der Waals surface area contributed by atoms with Gasteiger partial charge in [0.1, 0.15) is 11.4 Å². The number of halogens is 1.